The zero-order valence-electron chi connectivity index (χ0n) is 71.5. The summed E-state index contributed by atoms with van der Waals surface area (Å²) in [6, 6.07) is 0. The van der Waals surface area contributed by atoms with Gasteiger partial charge >= 0.3 is 0 Å². The Kier molecular flexibility index (Phi) is 78.1. The fraction of sp³-hybridized carbons (Fsp3) is 1.00. The highest BCUT2D eigenvalue weighted by Crippen LogP contribution is 2.65. The Labute approximate surface area is 626 Å². The van der Waals surface area contributed by atoms with E-state index in [9.17, 15) is 0 Å². The number of unbranched alkanes of at least 4 members (excludes halogenated alkanes) is 64. The first-order chi connectivity index (χ1) is 48.1. The molecule has 0 radical (unpaired) electrons. The summed E-state index contributed by atoms with van der Waals surface area (Å²) >= 11 is 0. The predicted molar refractivity (Wildman–Crippen MR) is 454 cm³/mol. The highest BCUT2D eigenvalue weighted by Gasteiger charge is 2.56. The summed E-state index contributed by atoms with van der Waals surface area (Å²) < 4.78 is 0. The monoisotopic (exact) mass is 1380 g/mol. The average molecular weight is 1380 g/mol. The minimum atomic E-state index is 0.450. The van der Waals surface area contributed by atoms with Gasteiger partial charge in [-0.1, -0.05) is 558 Å². The van der Waals surface area contributed by atoms with E-state index in [-0.39, 0.29) is 0 Å². The molecular weight excluding hydrogens is 1180 g/mol. The van der Waals surface area contributed by atoms with Crippen LogP contribution in [0.2, 0.25) is 0 Å². The SMILES string of the molecule is CCCCCCCCCCCCCCCC(CCCCCCCCCCCCC(C)C)(C(CCCCCCCCCCCC(C)C)C(C)CCCCCCCCCCCC)C(CCCCCCCCCCC)(CCCCCCCCCCCCC)C(C)CCCCCCCCCCC. The van der Waals surface area contributed by atoms with Gasteiger partial charge in [-0.2, -0.15) is 0 Å². The average Bonchev–Trinajstić information content (AvgIpc) is 0.735. The van der Waals surface area contributed by atoms with E-state index in [1.54, 1.807) is 32.1 Å². The number of hydrogen-bond acceptors (Lipinski definition) is 0. The van der Waals surface area contributed by atoms with Crippen LogP contribution in [0.1, 0.15) is 590 Å². The van der Waals surface area contributed by atoms with Gasteiger partial charge in [-0.15, -0.1) is 0 Å². The lowest BCUT2D eigenvalue weighted by Crippen LogP contribution is -2.53. The lowest BCUT2D eigenvalue weighted by Gasteiger charge is -2.61. The van der Waals surface area contributed by atoms with Crippen molar-refractivity contribution in [1.82, 2.24) is 0 Å². The number of hydrogen-bond donors (Lipinski definition) is 0. The molecule has 0 saturated heterocycles. The second-order valence-corrected chi connectivity index (χ2v) is 35.9. The molecule has 0 aliphatic rings. The van der Waals surface area contributed by atoms with Crippen molar-refractivity contribution in [3.8, 4) is 0 Å². The Bertz CT molecular complexity index is 1440. The van der Waals surface area contributed by atoms with E-state index in [0.717, 1.165) is 29.6 Å². The number of rotatable bonds is 86. The highest BCUT2D eigenvalue weighted by atomic mass is 14.6. The second-order valence-electron chi connectivity index (χ2n) is 35.9. The first-order valence-corrected chi connectivity index (χ1v) is 48.1. The molecule has 0 heterocycles. The third-order valence-corrected chi connectivity index (χ3v) is 25.7. The molecule has 0 aliphatic heterocycles. The summed E-state index contributed by atoms with van der Waals surface area (Å²) in [5.74, 6) is 4.29. The van der Waals surface area contributed by atoms with Crippen LogP contribution in [0.3, 0.4) is 0 Å². The van der Waals surface area contributed by atoms with Crippen LogP contribution in [0, 0.1) is 40.4 Å². The van der Waals surface area contributed by atoms with Gasteiger partial charge in [-0.05, 0) is 72.5 Å². The van der Waals surface area contributed by atoms with Crippen molar-refractivity contribution in [2.75, 3.05) is 0 Å². The quantitative estimate of drug-likeness (QED) is 0.0533. The van der Waals surface area contributed by atoms with Crippen LogP contribution in [-0.2, 0) is 0 Å². The van der Waals surface area contributed by atoms with Crippen LogP contribution in [0.25, 0.3) is 0 Å². The summed E-state index contributed by atoms with van der Waals surface area (Å²) in [7, 11) is 0. The van der Waals surface area contributed by atoms with E-state index in [4.69, 9.17) is 0 Å². The van der Waals surface area contributed by atoms with Crippen LogP contribution in [0.15, 0.2) is 0 Å². The molecule has 0 heteroatoms. The third kappa shape index (κ3) is 60.2. The maximum absolute atomic E-state index is 2.99. The molecule has 0 amide bonds. The van der Waals surface area contributed by atoms with E-state index >= 15 is 0 Å². The summed E-state index contributed by atoms with van der Waals surface area (Å²) in [5, 5.41) is 0. The van der Waals surface area contributed by atoms with E-state index in [0.29, 0.717) is 10.8 Å². The molecule has 5 atom stereocenters. The molecule has 0 aromatic carbocycles. The predicted octanol–water partition coefficient (Wildman–Crippen LogP) is 37.5. The molecule has 590 valence electrons. The third-order valence-electron chi connectivity index (χ3n) is 25.7. The molecule has 0 aromatic heterocycles. The topological polar surface area (TPSA) is 0 Å². The molecular formula is C98H198. The summed E-state index contributed by atoms with van der Waals surface area (Å²) in [5.41, 5.74) is 0.901. The molecule has 0 fully saturated rings. The normalized spacial score (nSPS) is 14.3. The molecule has 98 heavy (non-hydrogen) atoms. The van der Waals surface area contributed by atoms with Crippen LogP contribution in [0.5, 0.6) is 0 Å². The molecule has 0 aromatic rings. The van der Waals surface area contributed by atoms with Gasteiger partial charge in [-0.25, -0.2) is 0 Å². The first kappa shape index (κ1) is 98.0. The van der Waals surface area contributed by atoms with Gasteiger partial charge in [0.2, 0.25) is 0 Å². The Morgan fingerprint density at radius 3 is 0.531 bits per heavy atom. The lowest BCUT2D eigenvalue weighted by atomic mass is 9.44. The Morgan fingerprint density at radius 2 is 0.316 bits per heavy atom. The van der Waals surface area contributed by atoms with Gasteiger partial charge in [0.25, 0.3) is 0 Å². The van der Waals surface area contributed by atoms with Crippen molar-refractivity contribution in [2.24, 2.45) is 40.4 Å². The van der Waals surface area contributed by atoms with Crippen LogP contribution in [-0.4, -0.2) is 0 Å². The van der Waals surface area contributed by atoms with E-state index in [1.807, 2.05) is 0 Å². The lowest BCUT2D eigenvalue weighted by molar-refractivity contribution is -0.118. The standard InChI is InChI=1S/C98H198/c1-12-17-22-27-32-37-40-41-44-54-63-72-81-90-98(91-82-73-64-55-45-42-48-56-65-74-83-92(6)7,96(87-78-69-60-51-46-49-57-66-75-84-93(8)9)94(10)85-76-67-58-50-39-34-29-24-19-14-3)97(88-79-70-61-52-36-31-26-21-16-5,89-80-71-62-53-43-38-33-28-23-18-13-2)95(11)86-77-68-59-47-35-30-25-20-15-4/h92-96H,12-91H2,1-11H3. The molecule has 0 nitrogen and oxygen atoms in total. The maximum atomic E-state index is 2.99. The maximum Gasteiger partial charge on any atom is -0.0208 e. The van der Waals surface area contributed by atoms with E-state index in [1.165, 1.54) is 482 Å². The van der Waals surface area contributed by atoms with E-state index < -0.39 is 0 Å². The Morgan fingerprint density at radius 1 is 0.153 bits per heavy atom. The smallest absolute Gasteiger partial charge is 0.0208 e. The van der Waals surface area contributed by atoms with Gasteiger partial charge in [0, 0.05) is 0 Å². The fourth-order valence-corrected chi connectivity index (χ4v) is 19.1. The molecule has 0 N–H and O–H groups in total. The second kappa shape index (κ2) is 78.1. The van der Waals surface area contributed by atoms with Gasteiger partial charge < -0.3 is 0 Å². The van der Waals surface area contributed by atoms with Crippen LogP contribution < -0.4 is 0 Å². The van der Waals surface area contributed by atoms with Crippen molar-refractivity contribution in [3.05, 3.63) is 0 Å². The minimum absolute atomic E-state index is 0.450. The summed E-state index contributed by atoms with van der Waals surface area (Å²) in [6.07, 6.45) is 118. The van der Waals surface area contributed by atoms with Crippen LogP contribution >= 0.6 is 0 Å². The van der Waals surface area contributed by atoms with Gasteiger partial charge in [0.15, 0.2) is 0 Å². The van der Waals surface area contributed by atoms with E-state index in [2.05, 4.69) is 76.2 Å². The van der Waals surface area contributed by atoms with Gasteiger partial charge in [-0.3, -0.25) is 0 Å². The molecule has 5 unspecified atom stereocenters. The van der Waals surface area contributed by atoms with Gasteiger partial charge in [0.1, 0.15) is 0 Å². The van der Waals surface area contributed by atoms with Crippen LogP contribution in [0.4, 0.5) is 0 Å². The summed E-state index contributed by atoms with van der Waals surface area (Å²) in [4.78, 5) is 0. The largest absolute Gasteiger partial charge is 0.0654 e. The van der Waals surface area contributed by atoms with Crippen molar-refractivity contribution in [1.29, 1.82) is 0 Å². The fourth-order valence-electron chi connectivity index (χ4n) is 19.1. The molecule has 0 rings (SSSR count). The molecule has 0 aliphatic carbocycles. The summed E-state index contributed by atoms with van der Waals surface area (Å²) in [6.45, 7) is 27.5. The van der Waals surface area contributed by atoms with Crippen molar-refractivity contribution in [3.63, 3.8) is 0 Å². The van der Waals surface area contributed by atoms with Crippen molar-refractivity contribution < 1.29 is 0 Å². The zero-order chi connectivity index (χ0) is 71.5. The van der Waals surface area contributed by atoms with Crippen molar-refractivity contribution >= 4 is 0 Å². The Hall–Kier alpha value is 0. The van der Waals surface area contributed by atoms with Crippen molar-refractivity contribution in [2.45, 2.75) is 590 Å². The molecule has 0 saturated carbocycles. The van der Waals surface area contributed by atoms with Gasteiger partial charge in [0.05, 0.1) is 0 Å². The first-order valence-electron chi connectivity index (χ1n) is 48.1. The highest BCUT2D eigenvalue weighted by molar-refractivity contribution is 5.05. The molecule has 0 bridgehead atoms. The Balaban J connectivity index is 7.97. The minimum Gasteiger partial charge on any atom is -0.0654 e. The zero-order valence-corrected chi connectivity index (χ0v) is 71.5. The molecule has 0 spiro atoms.